The molecule has 0 radical (unpaired) electrons. The van der Waals surface area contributed by atoms with Gasteiger partial charge in [0.15, 0.2) is 0 Å². The molecule has 2 nitrogen and oxygen atoms in total. The maximum absolute atomic E-state index is 10.5. The van der Waals surface area contributed by atoms with Crippen molar-refractivity contribution in [2.45, 2.75) is 12.5 Å². The molecule has 0 spiro atoms. The largest absolute Gasteiger partial charge is 0.493 e. The Balaban J connectivity index is 1.81. The first kappa shape index (κ1) is 13.7. The summed E-state index contributed by atoms with van der Waals surface area (Å²) in [5.41, 5.74) is 1.90. The minimum Gasteiger partial charge on any atom is -0.493 e. The number of hydrogen-bond donors (Lipinski definition) is 1. The van der Waals surface area contributed by atoms with Crippen LogP contribution in [0.15, 0.2) is 42.5 Å². The molecule has 2 atom stereocenters. The van der Waals surface area contributed by atoms with Crippen LogP contribution in [0.4, 0.5) is 0 Å². The number of aliphatic hydroxyl groups excluding tert-OH is 1. The molecule has 0 bridgehead atoms. The Labute approximate surface area is 127 Å². The summed E-state index contributed by atoms with van der Waals surface area (Å²) >= 11 is 11.9. The zero-order valence-corrected chi connectivity index (χ0v) is 12.2. The molecule has 2 aromatic rings. The highest BCUT2D eigenvalue weighted by Crippen LogP contribution is 2.38. The lowest BCUT2D eigenvalue weighted by atomic mass is 9.88. The molecule has 0 aromatic heterocycles. The second-order valence-corrected chi connectivity index (χ2v) is 5.90. The van der Waals surface area contributed by atoms with Crippen LogP contribution in [0.1, 0.15) is 17.2 Å². The van der Waals surface area contributed by atoms with Crippen molar-refractivity contribution in [1.29, 1.82) is 0 Å². The van der Waals surface area contributed by atoms with E-state index in [-0.39, 0.29) is 5.92 Å². The third kappa shape index (κ3) is 2.78. The summed E-state index contributed by atoms with van der Waals surface area (Å²) in [5, 5.41) is 11.8. The summed E-state index contributed by atoms with van der Waals surface area (Å²) in [6.07, 6.45) is 0.178. The van der Waals surface area contributed by atoms with Gasteiger partial charge in [-0.3, -0.25) is 0 Å². The Kier molecular flexibility index (Phi) is 3.88. The average Bonchev–Trinajstić information content (AvgIpc) is 2.45. The van der Waals surface area contributed by atoms with E-state index in [9.17, 15) is 5.11 Å². The molecule has 0 amide bonds. The van der Waals surface area contributed by atoms with Crippen molar-refractivity contribution >= 4 is 23.2 Å². The van der Waals surface area contributed by atoms with E-state index in [4.69, 9.17) is 27.9 Å². The molecule has 0 fully saturated rings. The van der Waals surface area contributed by atoms with Crippen LogP contribution in [0.2, 0.25) is 10.0 Å². The molecular formula is C16H14Cl2O2. The Morgan fingerprint density at radius 3 is 2.50 bits per heavy atom. The molecule has 0 unspecified atom stereocenters. The Hall–Kier alpha value is -1.22. The van der Waals surface area contributed by atoms with Gasteiger partial charge in [0.1, 0.15) is 5.75 Å². The molecule has 1 N–H and O–H groups in total. The van der Waals surface area contributed by atoms with E-state index in [0.717, 1.165) is 17.5 Å². The van der Waals surface area contributed by atoms with Crippen LogP contribution in [0.25, 0.3) is 0 Å². The van der Waals surface area contributed by atoms with Crippen LogP contribution >= 0.6 is 23.2 Å². The minimum atomic E-state index is -0.562. The van der Waals surface area contributed by atoms with Crippen LogP contribution in [0, 0.1) is 5.92 Å². The van der Waals surface area contributed by atoms with E-state index in [1.54, 1.807) is 18.2 Å². The molecule has 1 aliphatic rings. The number of hydrogen-bond acceptors (Lipinski definition) is 2. The number of ether oxygens (including phenoxy) is 1. The van der Waals surface area contributed by atoms with Gasteiger partial charge in [-0.25, -0.2) is 0 Å². The number of fused-ring (bicyclic) bond motifs is 1. The highest BCUT2D eigenvalue weighted by atomic mass is 35.5. The molecule has 1 aliphatic heterocycles. The van der Waals surface area contributed by atoms with Crippen LogP contribution < -0.4 is 4.74 Å². The third-order valence-corrected chi connectivity index (χ3v) is 4.09. The van der Waals surface area contributed by atoms with E-state index in [1.807, 2.05) is 24.3 Å². The van der Waals surface area contributed by atoms with Crippen molar-refractivity contribution in [3.8, 4) is 5.75 Å². The Bertz CT molecular complexity index is 610. The summed E-state index contributed by atoms with van der Waals surface area (Å²) < 4.78 is 5.71. The smallest absolute Gasteiger partial charge is 0.125 e. The first-order valence-electron chi connectivity index (χ1n) is 6.48. The molecule has 2 aromatic carbocycles. The van der Waals surface area contributed by atoms with Gasteiger partial charge in [0.05, 0.1) is 12.7 Å². The van der Waals surface area contributed by atoms with Gasteiger partial charge >= 0.3 is 0 Å². The van der Waals surface area contributed by atoms with E-state index in [1.165, 1.54) is 0 Å². The quantitative estimate of drug-likeness (QED) is 0.897. The predicted molar refractivity (Wildman–Crippen MR) is 80.6 cm³/mol. The zero-order chi connectivity index (χ0) is 14.1. The topological polar surface area (TPSA) is 29.5 Å². The molecular weight excluding hydrogens is 295 g/mol. The lowest BCUT2D eigenvalue weighted by molar-refractivity contribution is 0.0508. The summed E-state index contributed by atoms with van der Waals surface area (Å²) in [6, 6.07) is 13.0. The van der Waals surface area contributed by atoms with Crippen molar-refractivity contribution < 1.29 is 9.84 Å². The SMILES string of the molecule is O[C@H]1c2cc(Cl)ccc2OC[C@H]1Cc1ccc(Cl)cc1. The molecule has 3 rings (SSSR count). The minimum absolute atomic E-state index is 0.0159. The lowest BCUT2D eigenvalue weighted by Crippen LogP contribution is -2.27. The lowest BCUT2D eigenvalue weighted by Gasteiger charge is -2.30. The second kappa shape index (κ2) is 5.65. The molecule has 0 aliphatic carbocycles. The van der Waals surface area contributed by atoms with Gasteiger partial charge in [-0.05, 0) is 42.3 Å². The van der Waals surface area contributed by atoms with Gasteiger partial charge < -0.3 is 9.84 Å². The third-order valence-electron chi connectivity index (χ3n) is 3.60. The van der Waals surface area contributed by atoms with Crippen molar-refractivity contribution in [2.24, 2.45) is 5.92 Å². The first-order valence-corrected chi connectivity index (χ1v) is 7.24. The number of halogens is 2. The van der Waals surface area contributed by atoms with E-state index in [2.05, 4.69) is 0 Å². The first-order chi connectivity index (χ1) is 9.63. The van der Waals surface area contributed by atoms with Crippen LogP contribution in [0.3, 0.4) is 0 Å². The Morgan fingerprint density at radius 1 is 1.05 bits per heavy atom. The summed E-state index contributed by atoms with van der Waals surface area (Å²) in [6.45, 7) is 0.498. The normalized spacial score (nSPS) is 21.1. The number of aliphatic hydroxyl groups is 1. The van der Waals surface area contributed by atoms with Crippen LogP contribution in [-0.2, 0) is 6.42 Å². The van der Waals surface area contributed by atoms with Crippen LogP contribution in [0.5, 0.6) is 5.75 Å². The van der Waals surface area contributed by atoms with Gasteiger partial charge in [-0.15, -0.1) is 0 Å². The monoisotopic (exact) mass is 308 g/mol. The van der Waals surface area contributed by atoms with E-state index >= 15 is 0 Å². The van der Waals surface area contributed by atoms with Gasteiger partial charge in [0.2, 0.25) is 0 Å². The summed E-state index contributed by atoms with van der Waals surface area (Å²) in [7, 11) is 0. The fourth-order valence-corrected chi connectivity index (χ4v) is 2.82. The van der Waals surface area contributed by atoms with E-state index in [0.29, 0.717) is 22.4 Å². The van der Waals surface area contributed by atoms with Crippen LogP contribution in [-0.4, -0.2) is 11.7 Å². The molecule has 4 heteroatoms. The molecule has 0 saturated heterocycles. The van der Waals surface area contributed by atoms with Crippen molar-refractivity contribution in [3.05, 3.63) is 63.6 Å². The van der Waals surface area contributed by atoms with Gasteiger partial charge in [0, 0.05) is 21.5 Å². The van der Waals surface area contributed by atoms with Gasteiger partial charge in [0.25, 0.3) is 0 Å². The maximum atomic E-state index is 10.5. The zero-order valence-electron chi connectivity index (χ0n) is 10.7. The van der Waals surface area contributed by atoms with Crippen molar-refractivity contribution in [1.82, 2.24) is 0 Å². The average molecular weight is 309 g/mol. The second-order valence-electron chi connectivity index (χ2n) is 5.03. The van der Waals surface area contributed by atoms with Crippen molar-refractivity contribution in [3.63, 3.8) is 0 Å². The fourth-order valence-electron chi connectivity index (χ4n) is 2.52. The molecule has 0 saturated carbocycles. The number of rotatable bonds is 2. The summed E-state index contributed by atoms with van der Waals surface area (Å²) in [5.74, 6) is 0.733. The highest BCUT2D eigenvalue weighted by molar-refractivity contribution is 6.30. The fraction of sp³-hybridized carbons (Fsp3) is 0.250. The van der Waals surface area contributed by atoms with Crippen molar-refractivity contribution in [2.75, 3.05) is 6.61 Å². The highest BCUT2D eigenvalue weighted by Gasteiger charge is 2.29. The standard InChI is InChI=1S/C16H14Cl2O2/c17-12-3-1-10(2-4-12)7-11-9-20-15-6-5-13(18)8-14(15)16(11)19/h1-6,8,11,16,19H,7,9H2/t11-,16-/m1/s1. The number of benzene rings is 2. The Morgan fingerprint density at radius 2 is 1.75 bits per heavy atom. The van der Waals surface area contributed by atoms with Gasteiger partial charge in [-0.1, -0.05) is 35.3 Å². The molecule has 20 heavy (non-hydrogen) atoms. The van der Waals surface area contributed by atoms with Gasteiger partial charge in [-0.2, -0.15) is 0 Å². The molecule has 104 valence electrons. The molecule has 1 heterocycles. The van der Waals surface area contributed by atoms with E-state index < -0.39 is 6.10 Å². The predicted octanol–water partition coefficient (Wildman–Crippen LogP) is 4.28. The summed E-state index contributed by atoms with van der Waals surface area (Å²) in [4.78, 5) is 0. The maximum Gasteiger partial charge on any atom is 0.125 e.